The summed E-state index contributed by atoms with van der Waals surface area (Å²) in [4.78, 5) is 0. The van der Waals surface area contributed by atoms with Crippen LogP contribution in [-0.2, 0) is 9.84 Å². The van der Waals surface area contributed by atoms with Gasteiger partial charge in [-0.2, -0.15) is 5.26 Å². The predicted molar refractivity (Wildman–Crippen MR) is 60.1 cm³/mol. The fourth-order valence-corrected chi connectivity index (χ4v) is 4.19. The molecule has 1 rings (SSSR count). The Morgan fingerprint density at radius 2 is 2.07 bits per heavy atom. The van der Waals surface area contributed by atoms with Crippen LogP contribution in [0.5, 0.6) is 0 Å². The van der Waals surface area contributed by atoms with E-state index in [1.165, 1.54) is 6.42 Å². The van der Waals surface area contributed by atoms with Crippen LogP contribution in [0, 0.1) is 16.7 Å². The van der Waals surface area contributed by atoms with Gasteiger partial charge in [0, 0.05) is 0 Å². The van der Waals surface area contributed by atoms with E-state index >= 15 is 0 Å². The van der Waals surface area contributed by atoms with Gasteiger partial charge in [0.1, 0.15) is 0 Å². The van der Waals surface area contributed by atoms with E-state index in [0.717, 1.165) is 25.7 Å². The molecule has 0 aliphatic carbocycles. The first-order chi connectivity index (χ1) is 7.04. The van der Waals surface area contributed by atoms with E-state index in [-0.39, 0.29) is 11.5 Å². The van der Waals surface area contributed by atoms with Crippen LogP contribution >= 0.6 is 0 Å². The van der Waals surface area contributed by atoms with E-state index in [2.05, 4.69) is 13.0 Å². The minimum absolute atomic E-state index is 0.0859. The maximum Gasteiger partial charge on any atom is 0.151 e. The molecule has 1 saturated heterocycles. The highest BCUT2D eigenvalue weighted by Gasteiger charge is 2.41. The van der Waals surface area contributed by atoms with Gasteiger partial charge in [0.25, 0.3) is 0 Å². The lowest BCUT2D eigenvalue weighted by Gasteiger charge is -2.17. The highest BCUT2D eigenvalue weighted by atomic mass is 32.2. The monoisotopic (exact) mass is 229 g/mol. The number of hydrogen-bond acceptors (Lipinski definition) is 3. The Morgan fingerprint density at radius 1 is 1.33 bits per heavy atom. The third-order valence-corrected chi connectivity index (χ3v) is 4.95. The van der Waals surface area contributed by atoms with Crippen LogP contribution in [0.15, 0.2) is 0 Å². The zero-order valence-corrected chi connectivity index (χ0v) is 10.1. The van der Waals surface area contributed by atoms with Crippen molar-refractivity contribution in [2.24, 2.45) is 5.41 Å². The second kappa shape index (κ2) is 4.98. The second-order valence-corrected chi connectivity index (χ2v) is 6.73. The van der Waals surface area contributed by atoms with E-state index in [0.29, 0.717) is 6.42 Å². The van der Waals surface area contributed by atoms with Crippen LogP contribution in [0.4, 0.5) is 0 Å². The number of hydrogen-bond donors (Lipinski definition) is 0. The Hall–Kier alpha value is -0.560. The molecule has 0 aromatic carbocycles. The van der Waals surface area contributed by atoms with E-state index in [1.54, 1.807) is 0 Å². The molecule has 1 fully saturated rings. The van der Waals surface area contributed by atoms with Crippen LogP contribution in [0.3, 0.4) is 0 Å². The molecule has 1 aliphatic rings. The van der Waals surface area contributed by atoms with Crippen molar-refractivity contribution < 1.29 is 8.42 Å². The van der Waals surface area contributed by atoms with Gasteiger partial charge in [0.15, 0.2) is 9.84 Å². The van der Waals surface area contributed by atoms with E-state index in [1.807, 2.05) is 0 Å². The molecule has 86 valence electrons. The van der Waals surface area contributed by atoms with E-state index in [4.69, 9.17) is 5.26 Å². The van der Waals surface area contributed by atoms with Gasteiger partial charge in [-0.3, -0.25) is 0 Å². The molecule has 0 aromatic heterocycles. The number of rotatable bonds is 5. The molecule has 4 heteroatoms. The number of nitrogens with zero attached hydrogens (tertiary/aromatic N) is 1. The first kappa shape index (κ1) is 12.5. The van der Waals surface area contributed by atoms with Crippen molar-refractivity contribution in [3.63, 3.8) is 0 Å². The van der Waals surface area contributed by atoms with Crippen molar-refractivity contribution in [1.29, 1.82) is 5.26 Å². The average Bonchev–Trinajstić information content (AvgIpc) is 2.50. The SMILES string of the molecule is CCCCCCC1(C#N)CCS(=O)(=O)C1. The molecular formula is C11H19NO2S. The van der Waals surface area contributed by atoms with Crippen molar-refractivity contribution in [3.05, 3.63) is 0 Å². The Morgan fingerprint density at radius 3 is 2.53 bits per heavy atom. The quantitative estimate of drug-likeness (QED) is 0.680. The Kier molecular flexibility index (Phi) is 4.15. The topological polar surface area (TPSA) is 57.9 Å². The van der Waals surface area contributed by atoms with Gasteiger partial charge in [-0.1, -0.05) is 32.6 Å². The van der Waals surface area contributed by atoms with Gasteiger partial charge in [0.2, 0.25) is 0 Å². The van der Waals surface area contributed by atoms with Gasteiger partial charge in [-0.15, -0.1) is 0 Å². The maximum absolute atomic E-state index is 11.3. The van der Waals surface area contributed by atoms with Gasteiger partial charge >= 0.3 is 0 Å². The highest BCUT2D eigenvalue weighted by molar-refractivity contribution is 7.91. The zero-order valence-electron chi connectivity index (χ0n) is 9.33. The minimum atomic E-state index is -2.93. The molecule has 15 heavy (non-hydrogen) atoms. The first-order valence-corrected chi connectivity index (χ1v) is 7.47. The molecule has 1 heterocycles. The van der Waals surface area contributed by atoms with E-state index in [9.17, 15) is 8.42 Å². The fourth-order valence-electron chi connectivity index (χ4n) is 2.15. The smallest absolute Gasteiger partial charge is 0.151 e. The Bertz CT molecular complexity index is 342. The second-order valence-electron chi connectivity index (χ2n) is 4.54. The van der Waals surface area contributed by atoms with Crippen molar-refractivity contribution >= 4 is 9.84 Å². The van der Waals surface area contributed by atoms with Crippen LogP contribution in [-0.4, -0.2) is 19.9 Å². The summed E-state index contributed by atoms with van der Waals surface area (Å²) in [6.07, 6.45) is 5.73. The van der Waals surface area contributed by atoms with Gasteiger partial charge in [-0.05, 0) is 12.8 Å². The molecule has 0 saturated carbocycles. The molecule has 0 bridgehead atoms. The summed E-state index contributed by atoms with van der Waals surface area (Å²) in [7, 11) is -2.93. The largest absolute Gasteiger partial charge is 0.229 e. The molecule has 0 aromatic rings. The molecule has 1 aliphatic heterocycles. The third-order valence-electron chi connectivity index (χ3n) is 3.13. The molecule has 1 atom stereocenters. The van der Waals surface area contributed by atoms with Gasteiger partial charge < -0.3 is 0 Å². The highest BCUT2D eigenvalue weighted by Crippen LogP contribution is 2.36. The summed E-state index contributed by atoms with van der Waals surface area (Å²) < 4.78 is 22.7. The van der Waals surface area contributed by atoms with Crippen LogP contribution < -0.4 is 0 Å². The number of sulfone groups is 1. The molecule has 0 radical (unpaired) electrons. The molecular weight excluding hydrogens is 210 g/mol. The number of nitriles is 1. The Balaban J connectivity index is 2.47. The summed E-state index contributed by atoms with van der Waals surface area (Å²) >= 11 is 0. The summed E-state index contributed by atoms with van der Waals surface area (Å²) in [6, 6.07) is 2.23. The standard InChI is InChI=1S/C11H19NO2S/c1-2-3-4-5-6-11(9-12)7-8-15(13,14)10-11/h2-8,10H2,1H3. The molecule has 0 N–H and O–H groups in total. The zero-order chi connectivity index (χ0) is 11.4. The lowest BCUT2D eigenvalue weighted by Crippen LogP contribution is -2.20. The van der Waals surface area contributed by atoms with E-state index < -0.39 is 15.3 Å². The van der Waals surface area contributed by atoms with Crippen molar-refractivity contribution in [1.82, 2.24) is 0 Å². The lowest BCUT2D eigenvalue weighted by atomic mass is 9.84. The van der Waals surface area contributed by atoms with Gasteiger partial charge in [0.05, 0.1) is 23.0 Å². The van der Waals surface area contributed by atoms with Gasteiger partial charge in [-0.25, -0.2) is 8.42 Å². The lowest BCUT2D eigenvalue weighted by molar-refractivity contribution is 0.392. The van der Waals surface area contributed by atoms with Crippen molar-refractivity contribution in [2.45, 2.75) is 45.4 Å². The summed E-state index contributed by atoms with van der Waals surface area (Å²) in [6.45, 7) is 2.14. The summed E-state index contributed by atoms with van der Waals surface area (Å²) in [5.74, 6) is 0.289. The van der Waals surface area contributed by atoms with Crippen LogP contribution in [0.1, 0.15) is 45.4 Å². The van der Waals surface area contributed by atoms with Crippen molar-refractivity contribution in [3.8, 4) is 6.07 Å². The van der Waals surface area contributed by atoms with Crippen molar-refractivity contribution in [2.75, 3.05) is 11.5 Å². The molecule has 1 unspecified atom stereocenters. The summed E-state index contributed by atoms with van der Waals surface area (Å²) in [5.41, 5.74) is -0.563. The average molecular weight is 229 g/mol. The summed E-state index contributed by atoms with van der Waals surface area (Å²) in [5, 5.41) is 9.09. The van der Waals surface area contributed by atoms with Crippen LogP contribution in [0.25, 0.3) is 0 Å². The molecule has 0 amide bonds. The normalized spacial score (nSPS) is 28.8. The maximum atomic E-state index is 11.3. The first-order valence-electron chi connectivity index (χ1n) is 5.65. The molecule has 3 nitrogen and oxygen atoms in total. The fraction of sp³-hybridized carbons (Fsp3) is 0.909. The molecule has 0 spiro atoms. The predicted octanol–water partition coefficient (Wildman–Crippen LogP) is 2.29. The Labute approximate surface area is 92.4 Å². The minimum Gasteiger partial charge on any atom is -0.229 e. The number of unbranched alkanes of at least 4 members (excludes halogenated alkanes) is 3. The van der Waals surface area contributed by atoms with Crippen LogP contribution in [0.2, 0.25) is 0 Å². The third kappa shape index (κ3) is 3.49.